The van der Waals surface area contributed by atoms with Gasteiger partial charge in [0.25, 0.3) is 0 Å². The number of rotatable bonds is 5. The highest BCUT2D eigenvalue weighted by atomic mass is 16.6. The van der Waals surface area contributed by atoms with Crippen LogP contribution in [-0.2, 0) is 23.9 Å². The molecule has 16 heavy (non-hydrogen) atoms. The number of ether oxygens (including phenoxy) is 2. The van der Waals surface area contributed by atoms with Crippen LogP contribution in [0.1, 0.15) is 33.6 Å². The Bertz CT molecular complexity index is 305. The van der Waals surface area contributed by atoms with Gasteiger partial charge in [-0.05, 0) is 13.3 Å². The Hall–Kier alpha value is -1.65. The lowest BCUT2D eigenvalue weighted by Crippen LogP contribution is -2.30. The molecule has 5 nitrogen and oxygen atoms in total. The maximum Gasteiger partial charge on any atom is 0.355 e. The number of carbonyl (C=O) groups is 3. The van der Waals surface area contributed by atoms with Crippen molar-refractivity contribution < 1.29 is 23.9 Å². The molecule has 0 rings (SSSR count). The predicted molar refractivity (Wildman–Crippen MR) is 56.4 cm³/mol. The van der Waals surface area contributed by atoms with Gasteiger partial charge in [-0.1, -0.05) is 19.9 Å². The molecule has 1 atom stereocenters. The Kier molecular flexibility index (Phi) is 6.07. The zero-order valence-electron chi connectivity index (χ0n) is 9.74. The molecule has 0 heterocycles. The van der Waals surface area contributed by atoms with Crippen molar-refractivity contribution in [1.29, 1.82) is 0 Å². The Labute approximate surface area is 94.4 Å². The average molecular weight is 228 g/mol. The van der Waals surface area contributed by atoms with Gasteiger partial charge in [-0.25, -0.2) is 9.59 Å². The van der Waals surface area contributed by atoms with E-state index < -0.39 is 24.0 Å². The van der Waals surface area contributed by atoms with Crippen LogP contribution in [0, 0.1) is 0 Å². The van der Waals surface area contributed by atoms with Gasteiger partial charge in [-0.3, -0.25) is 4.79 Å². The lowest BCUT2D eigenvalue weighted by molar-refractivity contribution is -0.172. The van der Waals surface area contributed by atoms with Crippen molar-refractivity contribution in [3.8, 4) is 0 Å². The number of hydrogen-bond donors (Lipinski definition) is 0. The molecule has 0 radical (unpaired) electrons. The van der Waals surface area contributed by atoms with Gasteiger partial charge in [0.2, 0.25) is 0 Å². The van der Waals surface area contributed by atoms with Crippen molar-refractivity contribution in [3.63, 3.8) is 0 Å². The minimum absolute atomic E-state index is 0.191. The Morgan fingerprint density at radius 1 is 1.25 bits per heavy atom. The minimum Gasteiger partial charge on any atom is -0.447 e. The van der Waals surface area contributed by atoms with Crippen LogP contribution in [0.15, 0.2) is 12.2 Å². The summed E-state index contributed by atoms with van der Waals surface area (Å²) in [7, 11) is 0. The monoisotopic (exact) mass is 228 g/mol. The van der Waals surface area contributed by atoms with Crippen LogP contribution in [0.25, 0.3) is 0 Å². The highest BCUT2D eigenvalue weighted by Gasteiger charge is 2.25. The second kappa shape index (κ2) is 6.76. The normalized spacial score (nSPS) is 11.4. The van der Waals surface area contributed by atoms with Crippen LogP contribution in [0.3, 0.4) is 0 Å². The fraction of sp³-hybridized carbons (Fsp3) is 0.545. The number of carbonyl (C=O) groups excluding carboxylic acids is 3. The van der Waals surface area contributed by atoms with E-state index in [9.17, 15) is 14.4 Å². The van der Waals surface area contributed by atoms with Gasteiger partial charge in [-0.15, -0.1) is 0 Å². The first kappa shape index (κ1) is 14.3. The summed E-state index contributed by atoms with van der Waals surface area (Å²) in [4.78, 5) is 33.1. The topological polar surface area (TPSA) is 69.7 Å². The van der Waals surface area contributed by atoms with Gasteiger partial charge in [0.05, 0.1) is 0 Å². The van der Waals surface area contributed by atoms with Crippen molar-refractivity contribution in [2.45, 2.75) is 39.7 Å². The molecule has 0 aromatic carbocycles. The molecule has 0 spiro atoms. The molecule has 0 aliphatic heterocycles. The summed E-state index contributed by atoms with van der Waals surface area (Å²) >= 11 is 0. The first-order valence-electron chi connectivity index (χ1n) is 4.97. The third kappa shape index (κ3) is 5.29. The summed E-state index contributed by atoms with van der Waals surface area (Å²) in [6, 6.07) is 0. The van der Waals surface area contributed by atoms with E-state index in [1.807, 2.05) is 6.92 Å². The summed E-state index contributed by atoms with van der Waals surface area (Å²) in [6.07, 6.45) is -0.107. The first-order valence-corrected chi connectivity index (χ1v) is 4.97. The van der Waals surface area contributed by atoms with Gasteiger partial charge in [0.15, 0.2) is 6.10 Å². The van der Waals surface area contributed by atoms with E-state index in [-0.39, 0.29) is 5.57 Å². The van der Waals surface area contributed by atoms with Crippen molar-refractivity contribution in [1.82, 2.24) is 0 Å². The summed E-state index contributed by atoms with van der Waals surface area (Å²) in [5.74, 6) is -2.24. The van der Waals surface area contributed by atoms with E-state index >= 15 is 0 Å². The van der Waals surface area contributed by atoms with Gasteiger partial charge in [0, 0.05) is 12.5 Å². The van der Waals surface area contributed by atoms with Crippen LogP contribution in [0.4, 0.5) is 0 Å². The smallest absolute Gasteiger partial charge is 0.355 e. The van der Waals surface area contributed by atoms with Crippen LogP contribution < -0.4 is 0 Å². The third-order valence-corrected chi connectivity index (χ3v) is 1.66. The fourth-order valence-electron chi connectivity index (χ4n) is 0.924. The second-order valence-electron chi connectivity index (χ2n) is 3.38. The summed E-state index contributed by atoms with van der Waals surface area (Å²) < 4.78 is 9.21. The lowest BCUT2D eigenvalue weighted by Gasteiger charge is -2.14. The number of esters is 3. The highest BCUT2D eigenvalue weighted by molar-refractivity contribution is 5.91. The summed E-state index contributed by atoms with van der Waals surface area (Å²) in [6.45, 7) is 7.80. The molecule has 0 fully saturated rings. The molecule has 0 saturated heterocycles. The first-order chi connectivity index (χ1) is 7.38. The highest BCUT2D eigenvalue weighted by Crippen LogP contribution is 2.07. The third-order valence-electron chi connectivity index (χ3n) is 1.66. The molecule has 0 aliphatic carbocycles. The quantitative estimate of drug-likeness (QED) is 0.403. The predicted octanol–water partition coefficient (Wildman–Crippen LogP) is 1.36. The molecule has 0 bridgehead atoms. The van der Waals surface area contributed by atoms with Gasteiger partial charge >= 0.3 is 17.9 Å². The zero-order chi connectivity index (χ0) is 12.7. The maximum atomic E-state index is 11.4. The van der Waals surface area contributed by atoms with Crippen LogP contribution in [0.5, 0.6) is 0 Å². The van der Waals surface area contributed by atoms with E-state index in [0.717, 1.165) is 6.92 Å². The molecule has 0 saturated carbocycles. The minimum atomic E-state index is -1.04. The molecule has 5 heteroatoms. The SMILES string of the molecule is C=C(C)C(=O)OC(CCC)C(=O)OC(C)=O. The maximum absolute atomic E-state index is 11.4. The van der Waals surface area contributed by atoms with Gasteiger partial charge < -0.3 is 9.47 Å². The summed E-state index contributed by atoms with van der Waals surface area (Å²) in [5.41, 5.74) is 0.191. The van der Waals surface area contributed by atoms with Gasteiger partial charge in [0.1, 0.15) is 0 Å². The molecular weight excluding hydrogens is 212 g/mol. The van der Waals surface area contributed by atoms with Crippen molar-refractivity contribution in [2.24, 2.45) is 0 Å². The lowest BCUT2D eigenvalue weighted by atomic mass is 10.2. The summed E-state index contributed by atoms with van der Waals surface area (Å²) in [5, 5.41) is 0. The Morgan fingerprint density at radius 2 is 1.81 bits per heavy atom. The Balaban J connectivity index is 4.48. The van der Waals surface area contributed by atoms with E-state index in [0.29, 0.717) is 12.8 Å². The average Bonchev–Trinajstić information content (AvgIpc) is 2.15. The van der Waals surface area contributed by atoms with E-state index in [4.69, 9.17) is 4.74 Å². The van der Waals surface area contributed by atoms with E-state index in [2.05, 4.69) is 11.3 Å². The fourth-order valence-corrected chi connectivity index (χ4v) is 0.924. The Morgan fingerprint density at radius 3 is 2.19 bits per heavy atom. The van der Waals surface area contributed by atoms with Crippen LogP contribution >= 0.6 is 0 Å². The van der Waals surface area contributed by atoms with Gasteiger partial charge in [-0.2, -0.15) is 0 Å². The van der Waals surface area contributed by atoms with E-state index in [1.165, 1.54) is 6.92 Å². The largest absolute Gasteiger partial charge is 0.447 e. The second-order valence-corrected chi connectivity index (χ2v) is 3.38. The van der Waals surface area contributed by atoms with Crippen molar-refractivity contribution in [3.05, 3.63) is 12.2 Å². The molecule has 0 N–H and O–H groups in total. The molecule has 1 unspecified atom stereocenters. The van der Waals surface area contributed by atoms with E-state index in [1.54, 1.807) is 0 Å². The molecule has 0 aliphatic rings. The van der Waals surface area contributed by atoms with Crippen LogP contribution in [-0.4, -0.2) is 24.0 Å². The molecule has 90 valence electrons. The molecule has 0 aromatic heterocycles. The zero-order valence-corrected chi connectivity index (χ0v) is 9.74. The van der Waals surface area contributed by atoms with Crippen molar-refractivity contribution in [2.75, 3.05) is 0 Å². The van der Waals surface area contributed by atoms with Crippen molar-refractivity contribution >= 4 is 17.9 Å². The van der Waals surface area contributed by atoms with Crippen LogP contribution in [0.2, 0.25) is 0 Å². The number of hydrogen-bond acceptors (Lipinski definition) is 5. The standard InChI is InChI=1S/C11H16O5/c1-5-6-9(11(14)15-8(4)12)16-10(13)7(2)3/h9H,2,5-6H2,1,3-4H3. The molecular formula is C11H16O5. The molecule has 0 aromatic rings. The molecule has 0 amide bonds.